The topological polar surface area (TPSA) is 103 Å². The van der Waals surface area contributed by atoms with Crippen LogP contribution in [0.2, 0.25) is 5.02 Å². The summed E-state index contributed by atoms with van der Waals surface area (Å²) in [7, 11) is 3.93. The van der Waals surface area contributed by atoms with E-state index < -0.39 is 11.6 Å². The number of nitrogens with two attached hydrogens (primary N) is 1. The molecule has 3 aromatic heterocycles. The zero-order valence-electron chi connectivity index (χ0n) is 24.5. The van der Waals surface area contributed by atoms with E-state index >= 15 is 4.39 Å². The lowest BCUT2D eigenvalue weighted by Crippen LogP contribution is -2.44. The van der Waals surface area contributed by atoms with Crippen LogP contribution in [0.1, 0.15) is 12.5 Å². The van der Waals surface area contributed by atoms with Crippen LogP contribution < -0.4 is 10.6 Å². The van der Waals surface area contributed by atoms with Crippen LogP contribution in [0.5, 0.6) is 0 Å². The zero-order chi connectivity index (χ0) is 31.1. The molecule has 1 fully saturated rings. The van der Waals surface area contributed by atoms with Gasteiger partial charge in [-0.2, -0.15) is 10.4 Å². The number of fused-ring (bicyclic) bond motifs is 2. The van der Waals surface area contributed by atoms with E-state index in [2.05, 4.69) is 26.0 Å². The van der Waals surface area contributed by atoms with Crippen molar-refractivity contribution in [3.8, 4) is 28.6 Å². The van der Waals surface area contributed by atoms with Crippen molar-refractivity contribution in [3.63, 3.8) is 0 Å². The van der Waals surface area contributed by atoms with Crippen LogP contribution in [-0.2, 0) is 6.54 Å². The van der Waals surface area contributed by atoms with Crippen LogP contribution in [0, 0.1) is 23.0 Å². The Labute approximate surface area is 262 Å². The molecule has 2 aromatic carbocycles. The standard InChI is InChI=1S/C31H30ClF2N9S/c1-4-9-41-11-13-42(14-12-41)29-19-16-21(32)24(18-5-6-22(33)30-28(18)39-31(36)44-30)25(34)27(19)38-26(20(29)17-35)23-7-8-37-43(23)15-10-40(2)3/h4-9,16H,10-15H2,1-3H3,(H2,36,39). The second-order valence-electron chi connectivity index (χ2n) is 10.8. The van der Waals surface area contributed by atoms with Gasteiger partial charge < -0.3 is 20.4 Å². The van der Waals surface area contributed by atoms with Crippen LogP contribution in [-0.4, -0.2) is 76.4 Å². The van der Waals surface area contributed by atoms with Crippen LogP contribution in [0.4, 0.5) is 19.6 Å². The fourth-order valence-corrected chi connectivity index (χ4v) is 6.74. The van der Waals surface area contributed by atoms with Gasteiger partial charge in [-0.1, -0.05) is 29.0 Å². The van der Waals surface area contributed by atoms with Crippen molar-refractivity contribution in [1.82, 2.24) is 29.5 Å². The molecule has 5 aromatic rings. The van der Waals surface area contributed by atoms with Gasteiger partial charge in [-0.05, 0) is 51.5 Å². The lowest BCUT2D eigenvalue weighted by molar-refractivity contribution is 0.349. The number of nitriles is 1. The number of allylic oxidation sites excluding steroid dienone is 1. The van der Waals surface area contributed by atoms with Crippen molar-refractivity contribution in [3.05, 3.63) is 65.0 Å². The molecular weight excluding hydrogens is 604 g/mol. The highest BCUT2D eigenvalue weighted by Gasteiger charge is 2.29. The maximum Gasteiger partial charge on any atom is 0.181 e. The summed E-state index contributed by atoms with van der Waals surface area (Å²) in [5.74, 6) is -1.19. The first-order valence-corrected chi connectivity index (χ1v) is 15.3. The van der Waals surface area contributed by atoms with Crippen LogP contribution in [0.25, 0.3) is 43.6 Å². The predicted octanol–water partition coefficient (Wildman–Crippen LogP) is 5.98. The maximum absolute atomic E-state index is 16.9. The number of likely N-dealkylation sites (N-methyl/N-ethyl adjacent to an activating group) is 1. The summed E-state index contributed by atoms with van der Waals surface area (Å²) in [6, 6.07) is 8.52. The molecule has 13 heteroatoms. The van der Waals surface area contributed by atoms with Gasteiger partial charge in [-0.3, -0.25) is 4.68 Å². The first-order valence-electron chi connectivity index (χ1n) is 14.1. The van der Waals surface area contributed by atoms with Crippen LogP contribution in [0.3, 0.4) is 0 Å². The Kier molecular flexibility index (Phi) is 8.11. The van der Waals surface area contributed by atoms with Gasteiger partial charge in [0.05, 0.1) is 33.2 Å². The summed E-state index contributed by atoms with van der Waals surface area (Å²) in [5, 5.41) is 15.8. The summed E-state index contributed by atoms with van der Waals surface area (Å²) in [4.78, 5) is 15.4. The Balaban J connectivity index is 1.63. The number of nitrogens with zero attached hydrogens (tertiary/aromatic N) is 8. The Morgan fingerprint density at radius 3 is 2.61 bits per heavy atom. The Morgan fingerprint density at radius 1 is 1.14 bits per heavy atom. The summed E-state index contributed by atoms with van der Waals surface area (Å²) in [6.45, 7) is 5.88. The molecule has 0 amide bonds. The SMILES string of the molecule is CC=CN1CCN(c2c(C#N)c(-c3ccnn3CCN(C)C)nc3c(F)c(-c4ccc(F)c5sc(N)nc45)c(Cl)cc23)CC1. The third-order valence-electron chi connectivity index (χ3n) is 7.75. The quantitative estimate of drug-likeness (QED) is 0.234. The molecule has 0 bridgehead atoms. The number of nitrogen functional groups attached to an aromatic ring is 1. The van der Waals surface area contributed by atoms with Crippen molar-refractivity contribution in [2.75, 3.05) is 57.5 Å². The average Bonchev–Trinajstić information content (AvgIpc) is 3.64. The van der Waals surface area contributed by atoms with E-state index in [-0.39, 0.29) is 31.5 Å². The molecule has 1 aliphatic rings. The van der Waals surface area contributed by atoms with E-state index in [0.29, 0.717) is 59.8 Å². The minimum absolute atomic E-state index is 0.0441. The second-order valence-corrected chi connectivity index (χ2v) is 12.3. The number of halogens is 3. The van der Waals surface area contributed by atoms with Gasteiger partial charge in [0.15, 0.2) is 10.9 Å². The molecular formula is C31H30ClF2N9S. The molecule has 4 heterocycles. The monoisotopic (exact) mass is 633 g/mol. The van der Waals surface area contributed by atoms with Crippen molar-refractivity contribution in [2.24, 2.45) is 0 Å². The molecule has 0 radical (unpaired) electrons. The highest BCUT2D eigenvalue weighted by Crippen LogP contribution is 2.45. The molecule has 0 spiro atoms. The van der Waals surface area contributed by atoms with E-state index in [9.17, 15) is 9.65 Å². The van der Waals surface area contributed by atoms with E-state index in [4.69, 9.17) is 22.3 Å². The minimum atomic E-state index is -0.689. The number of pyridine rings is 1. The van der Waals surface area contributed by atoms with Crippen molar-refractivity contribution < 1.29 is 8.78 Å². The predicted molar refractivity (Wildman–Crippen MR) is 173 cm³/mol. The molecule has 44 heavy (non-hydrogen) atoms. The summed E-state index contributed by atoms with van der Waals surface area (Å²) >= 11 is 7.83. The number of thiazole rings is 1. The number of anilines is 2. The molecule has 1 saturated heterocycles. The molecule has 6 rings (SSSR count). The van der Waals surface area contributed by atoms with Crippen molar-refractivity contribution in [1.29, 1.82) is 5.26 Å². The molecule has 0 saturated carbocycles. The maximum atomic E-state index is 16.9. The van der Waals surface area contributed by atoms with E-state index in [1.54, 1.807) is 23.0 Å². The van der Waals surface area contributed by atoms with Gasteiger partial charge in [-0.15, -0.1) is 0 Å². The molecule has 0 unspecified atom stereocenters. The van der Waals surface area contributed by atoms with Gasteiger partial charge in [0, 0.05) is 55.4 Å². The van der Waals surface area contributed by atoms with Gasteiger partial charge in [-0.25, -0.2) is 18.7 Å². The lowest BCUT2D eigenvalue weighted by atomic mass is 9.97. The van der Waals surface area contributed by atoms with Crippen LogP contribution in [0.15, 0.2) is 42.7 Å². The number of hydrogen-bond acceptors (Lipinski definition) is 9. The fourth-order valence-electron chi connectivity index (χ4n) is 5.69. The normalized spacial score (nSPS) is 14.0. The average molecular weight is 634 g/mol. The fraction of sp³-hybridized carbons (Fsp3) is 0.290. The first-order chi connectivity index (χ1) is 21.2. The molecule has 226 valence electrons. The van der Waals surface area contributed by atoms with E-state index in [1.165, 1.54) is 12.1 Å². The summed E-state index contributed by atoms with van der Waals surface area (Å²) < 4.78 is 33.6. The minimum Gasteiger partial charge on any atom is -0.375 e. The Bertz CT molecular complexity index is 1950. The van der Waals surface area contributed by atoms with Gasteiger partial charge in [0.2, 0.25) is 0 Å². The number of rotatable bonds is 7. The van der Waals surface area contributed by atoms with Crippen molar-refractivity contribution >= 4 is 54.9 Å². The van der Waals surface area contributed by atoms with Gasteiger partial charge >= 0.3 is 0 Å². The molecule has 9 nitrogen and oxygen atoms in total. The van der Waals surface area contributed by atoms with Crippen LogP contribution >= 0.6 is 22.9 Å². The molecule has 0 aliphatic carbocycles. The molecule has 0 atom stereocenters. The summed E-state index contributed by atoms with van der Waals surface area (Å²) in [6.07, 6.45) is 5.68. The zero-order valence-corrected chi connectivity index (χ0v) is 26.1. The number of benzene rings is 2. The van der Waals surface area contributed by atoms with Crippen molar-refractivity contribution in [2.45, 2.75) is 13.5 Å². The second kappa shape index (κ2) is 12.0. The third kappa shape index (κ3) is 5.21. The highest BCUT2D eigenvalue weighted by molar-refractivity contribution is 7.22. The number of piperazine rings is 1. The molecule has 2 N–H and O–H groups in total. The van der Waals surface area contributed by atoms with E-state index in [0.717, 1.165) is 24.4 Å². The number of hydrogen-bond donors (Lipinski definition) is 1. The first kappa shape index (κ1) is 29.7. The van der Waals surface area contributed by atoms with Gasteiger partial charge in [0.1, 0.15) is 28.7 Å². The van der Waals surface area contributed by atoms with Gasteiger partial charge in [0.25, 0.3) is 0 Å². The highest BCUT2D eigenvalue weighted by atomic mass is 35.5. The Hall–Kier alpha value is -4.31. The lowest BCUT2D eigenvalue weighted by Gasteiger charge is -2.36. The molecule has 1 aliphatic heterocycles. The third-order valence-corrected chi connectivity index (χ3v) is 8.94. The largest absolute Gasteiger partial charge is 0.375 e. The Morgan fingerprint density at radius 2 is 1.91 bits per heavy atom. The summed E-state index contributed by atoms with van der Waals surface area (Å²) in [5.41, 5.74) is 8.37. The smallest absolute Gasteiger partial charge is 0.181 e. The van der Waals surface area contributed by atoms with E-state index in [1.807, 2.05) is 38.2 Å². The number of aromatic nitrogens is 4.